The van der Waals surface area contributed by atoms with Crippen LogP contribution < -0.4 is 4.74 Å². The van der Waals surface area contributed by atoms with Gasteiger partial charge in [-0.2, -0.15) is 0 Å². The molecule has 0 spiro atoms. The first-order valence-electron chi connectivity index (χ1n) is 23.5. The summed E-state index contributed by atoms with van der Waals surface area (Å²) in [5.74, 6) is -1.61. The fourth-order valence-electron chi connectivity index (χ4n) is 10.5. The molecule has 12 heteroatoms. The molecule has 1 amide bonds. The molecule has 0 aromatic heterocycles. The number of amides is 1. The van der Waals surface area contributed by atoms with E-state index in [1.807, 2.05) is 54.6 Å². The smallest absolute Gasteiger partial charge is 0.410 e. The van der Waals surface area contributed by atoms with Crippen molar-refractivity contribution in [3.63, 3.8) is 0 Å². The Kier molecular flexibility index (Phi) is 15.9. The van der Waals surface area contributed by atoms with Crippen LogP contribution >= 0.6 is 0 Å². The van der Waals surface area contributed by atoms with Crippen molar-refractivity contribution >= 4 is 22.6 Å². The van der Waals surface area contributed by atoms with E-state index in [2.05, 4.69) is 30.9 Å². The van der Waals surface area contributed by atoms with Crippen LogP contribution in [0.2, 0.25) is 0 Å². The van der Waals surface area contributed by atoms with Crippen molar-refractivity contribution in [2.24, 2.45) is 22.9 Å². The van der Waals surface area contributed by atoms with Gasteiger partial charge in [0.05, 0.1) is 44.6 Å². The number of carbonyl (C=O) groups excluding carboxylic acids is 1. The van der Waals surface area contributed by atoms with Gasteiger partial charge in [-0.05, 0) is 96.0 Å². The van der Waals surface area contributed by atoms with Gasteiger partial charge in [-0.3, -0.25) is 4.90 Å². The molecule has 1 unspecified atom stereocenters. The highest BCUT2D eigenvalue weighted by atomic mass is 16.8. The van der Waals surface area contributed by atoms with Crippen molar-refractivity contribution in [1.82, 2.24) is 4.90 Å². The fraction of sp³-hybridized carbons (Fsp3) is 0.472. The number of ether oxygens (including phenoxy) is 5. The van der Waals surface area contributed by atoms with Crippen LogP contribution in [-0.4, -0.2) is 89.8 Å². The lowest BCUT2D eigenvalue weighted by Crippen LogP contribution is -2.70. The lowest BCUT2D eigenvalue weighted by molar-refractivity contribution is -0.256. The summed E-state index contributed by atoms with van der Waals surface area (Å²) >= 11 is 0. The van der Waals surface area contributed by atoms with E-state index in [4.69, 9.17) is 33.7 Å². The minimum absolute atomic E-state index is 0.00739. The first kappa shape index (κ1) is 46.3. The number of nitrogens with zero attached hydrogens (tertiary/aromatic N) is 2. The Morgan fingerprint density at radius 3 is 2.52 bits per heavy atom. The van der Waals surface area contributed by atoms with E-state index in [0.29, 0.717) is 43.9 Å². The molecule has 4 aromatic rings. The summed E-state index contributed by atoms with van der Waals surface area (Å²) in [6, 6.07) is 28.5. The van der Waals surface area contributed by atoms with Crippen LogP contribution in [0.4, 0.5) is 4.79 Å². The predicted octanol–water partition coefficient (Wildman–Crippen LogP) is 9.56. The summed E-state index contributed by atoms with van der Waals surface area (Å²) in [6.45, 7) is 5.66. The summed E-state index contributed by atoms with van der Waals surface area (Å²) in [6.07, 6.45) is 10.2. The second-order valence-corrected chi connectivity index (χ2v) is 17.6. The summed E-state index contributed by atoms with van der Waals surface area (Å²) < 4.78 is 32.7. The first-order valence-corrected chi connectivity index (χ1v) is 23.5. The van der Waals surface area contributed by atoms with Crippen LogP contribution in [-0.2, 0) is 36.9 Å². The van der Waals surface area contributed by atoms with E-state index < -0.39 is 30.1 Å². The fourth-order valence-corrected chi connectivity index (χ4v) is 10.5. The normalized spacial score (nSPS) is 25.2. The Morgan fingerprint density at radius 1 is 0.923 bits per heavy atom. The van der Waals surface area contributed by atoms with Gasteiger partial charge >= 0.3 is 6.09 Å². The maximum atomic E-state index is 15.1. The van der Waals surface area contributed by atoms with Crippen molar-refractivity contribution < 1.29 is 48.6 Å². The molecule has 8 rings (SSSR count). The van der Waals surface area contributed by atoms with Gasteiger partial charge in [0, 0.05) is 37.5 Å². The third kappa shape index (κ3) is 10.6. The van der Waals surface area contributed by atoms with Gasteiger partial charge in [-0.25, -0.2) is 4.79 Å². The maximum absolute atomic E-state index is 15.1. The van der Waals surface area contributed by atoms with Crippen LogP contribution in [0, 0.1) is 17.8 Å². The number of carbonyl (C=O) groups is 1. The molecule has 7 atom stereocenters. The highest BCUT2D eigenvalue weighted by Gasteiger charge is 2.65. The van der Waals surface area contributed by atoms with E-state index in [9.17, 15) is 15.3 Å². The number of aliphatic hydroxyl groups is 2. The number of benzene rings is 4. The summed E-state index contributed by atoms with van der Waals surface area (Å²) in [5.41, 5.74) is 4.34. The van der Waals surface area contributed by atoms with E-state index in [0.717, 1.165) is 71.6 Å². The number of aliphatic hydroxyl groups excluding tert-OH is 2. The molecule has 3 N–H and O–H groups in total. The molecule has 2 heterocycles. The molecular weight excluding hydrogens is 825 g/mol. The summed E-state index contributed by atoms with van der Waals surface area (Å²) in [4.78, 5) is 23.2. The molecule has 2 aliphatic carbocycles. The minimum Gasteiger partial charge on any atom is -0.508 e. The molecule has 2 fully saturated rings. The van der Waals surface area contributed by atoms with Crippen LogP contribution in [0.5, 0.6) is 11.5 Å². The second kappa shape index (κ2) is 22.3. The largest absolute Gasteiger partial charge is 0.508 e. The van der Waals surface area contributed by atoms with Gasteiger partial charge in [0.2, 0.25) is 12.1 Å². The molecule has 1 saturated heterocycles. The van der Waals surface area contributed by atoms with E-state index >= 15 is 4.79 Å². The van der Waals surface area contributed by atoms with E-state index in [-0.39, 0.29) is 69.5 Å². The van der Waals surface area contributed by atoms with Crippen molar-refractivity contribution in [1.29, 1.82) is 0 Å². The highest BCUT2D eigenvalue weighted by Crippen LogP contribution is 2.62. The van der Waals surface area contributed by atoms with Gasteiger partial charge in [0.15, 0.2) is 0 Å². The Balaban J connectivity index is 1.27. The molecule has 2 aliphatic heterocycles. The average Bonchev–Trinajstić information content (AvgIpc) is 3.33. The van der Waals surface area contributed by atoms with Gasteiger partial charge in [0.25, 0.3) is 0 Å². The Bertz CT molecular complexity index is 2250. The summed E-state index contributed by atoms with van der Waals surface area (Å²) in [5, 5.41) is 38.0. The number of unbranched alkanes of at least 4 members (excludes halogenated alkanes) is 2. The quantitative estimate of drug-likeness (QED) is 0.0420. The van der Waals surface area contributed by atoms with Gasteiger partial charge < -0.3 is 43.8 Å². The van der Waals surface area contributed by atoms with Crippen molar-refractivity contribution in [2.45, 2.75) is 101 Å². The number of fused-ring (bicyclic) bond motifs is 3. The SMILES string of the molecule is C=CCO[C@@]12Oc3ccc(O)cc3[C@H]3[C@H](CCCCO)[C@@H](CCCCO)C=C(C(=NOC4CCCCO4)C[C@@H]1N(Cc1cccc4ccccc14)C(=O)OCCOCc1ccccc1)[C@H]32. The number of oxime groups is 1. The maximum Gasteiger partial charge on any atom is 0.410 e. The number of rotatable bonds is 21. The zero-order chi connectivity index (χ0) is 45.0. The zero-order valence-electron chi connectivity index (χ0n) is 37.3. The molecular formula is C53H64N2O10. The molecule has 4 aromatic carbocycles. The number of allylic oxidation sites excluding steroid dienone is 1. The molecule has 0 radical (unpaired) electrons. The molecule has 65 heavy (non-hydrogen) atoms. The van der Waals surface area contributed by atoms with Crippen molar-refractivity contribution in [3.8, 4) is 11.5 Å². The lowest BCUT2D eigenvalue weighted by Gasteiger charge is -2.59. The Morgan fingerprint density at radius 2 is 1.72 bits per heavy atom. The number of phenols is 1. The molecule has 346 valence electrons. The predicted molar refractivity (Wildman–Crippen MR) is 248 cm³/mol. The van der Waals surface area contributed by atoms with Gasteiger partial charge in [-0.15, -0.1) is 6.58 Å². The highest BCUT2D eigenvalue weighted by molar-refractivity contribution is 6.03. The van der Waals surface area contributed by atoms with Gasteiger partial charge in [0.1, 0.15) is 24.1 Å². The van der Waals surface area contributed by atoms with E-state index in [1.165, 1.54) is 0 Å². The average molecular weight is 889 g/mol. The molecule has 1 saturated carbocycles. The van der Waals surface area contributed by atoms with Crippen molar-refractivity contribution in [3.05, 3.63) is 132 Å². The van der Waals surface area contributed by atoms with Crippen LogP contribution in [0.25, 0.3) is 10.8 Å². The number of hydrogen-bond acceptors (Lipinski definition) is 11. The number of phenolic OH excluding ortho intramolecular Hbond substituents is 1. The van der Waals surface area contributed by atoms with Crippen molar-refractivity contribution in [2.75, 3.05) is 39.6 Å². The lowest BCUT2D eigenvalue weighted by atomic mass is 9.55. The number of hydrogen-bond donors (Lipinski definition) is 3. The van der Waals surface area contributed by atoms with Crippen LogP contribution in [0.1, 0.15) is 86.8 Å². The standard InChI is InChI=1S/C53H64N2O10/c1-2-28-63-53-48(55(35-40-20-14-19-38-17-6-7-21-42(38)40)52(59)62-31-30-60-36-37-15-4-3-5-16-37)34-46(54-65-49-23-10-13-29-61-49)44-32-39(18-8-11-26-56)43(22-9-12-27-57)50(51(44)53)45-33-41(58)24-25-47(45)64-53/h2-7,14-17,19-21,24-25,32-33,39,43,48-51,56-58H,1,8-13,18,22-23,26-31,34-36H2/t39-,43+,48-,49?,50+,51+,53+/m0/s1. The monoisotopic (exact) mass is 888 g/mol. The first-order chi connectivity index (χ1) is 31.9. The third-order valence-electron chi connectivity index (χ3n) is 13.5. The van der Waals surface area contributed by atoms with E-state index in [1.54, 1.807) is 29.2 Å². The topological polar surface area (TPSA) is 149 Å². The zero-order valence-corrected chi connectivity index (χ0v) is 37.3. The molecule has 4 aliphatic rings. The van der Waals surface area contributed by atoms with Crippen LogP contribution in [0.3, 0.4) is 0 Å². The third-order valence-corrected chi connectivity index (χ3v) is 13.5. The number of aromatic hydroxyl groups is 1. The van der Waals surface area contributed by atoms with Crippen LogP contribution in [0.15, 0.2) is 120 Å². The minimum atomic E-state index is -1.51. The Labute approximate surface area is 382 Å². The molecule has 12 nitrogen and oxygen atoms in total. The second-order valence-electron chi connectivity index (χ2n) is 17.6. The molecule has 0 bridgehead atoms. The Hall–Kier alpha value is -5.24. The summed E-state index contributed by atoms with van der Waals surface area (Å²) in [7, 11) is 0. The van der Waals surface area contributed by atoms with Gasteiger partial charge in [-0.1, -0.05) is 103 Å².